The molecule has 0 radical (unpaired) electrons. The number of hydrogen-bond acceptors (Lipinski definition) is 3. The average Bonchev–Trinajstić information content (AvgIpc) is 2.93. The lowest BCUT2D eigenvalue weighted by Crippen LogP contribution is -2.19. The minimum Gasteiger partial charge on any atom is -0.310 e. The zero-order valence-electron chi connectivity index (χ0n) is 12.6. The highest BCUT2D eigenvalue weighted by Crippen LogP contribution is 2.16. The molecule has 0 aliphatic rings. The molecule has 0 saturated carbocycles. The first-order valence-corrected chi connectivity index (χ1v) is 7.48. The number of nitrogens with zero attached hydrogens (tertiary/aromatic N) is 3. The Kier molecular flexibility index (Phi) is 5.30. The van der Waals surface area contributed by atoms with Crippen molar-refractivity contribution in [2.75, 3.05) is 6.54 Å². The van der Waals surface area contributed by atoms with E-state index in [1.54, 1.807) is 0 Å². The Bertz CT molecular complexity index is 533. The Morgan fingerprint density at radius 2 is 2.05 bits per heavy atom. The highest BCUT2D eigenvalue weighted by Gasteiger charge is 2.09. The topological polar surface area (TPSA) is 42.7 Å². The van der Waals surface area contributed by atoms with Crippen LogP contribution in [0.4, 0.5) is 0 Å². The van der Waals surface area contributed by atoms with E-state index < -0.39 is 0 Å². The minimum atomic E-state index is 0.342. The van der Waals surface area contributed by atoms with Crippen molar-refractivity contribution in [3.63, 3.8) is 0 Å². The summed E-state index contributed by atoms with van der Waals surface area (Å²) in [5, 5.41) is 3.51. The van der Waals surface area contributed by atoms with E-state index in [9.17, 15) is 0 Å². The Balaban J connectivity index is 2.22. The highest BCUT2D eigenvalue weighted by molar-refractivity contribution is 5.31. The fourth-order valence-corrected chi connectivity index (χ4v) is 2.27. The molecule has 1 N–H and O–H groups in total. The number of hydrogen-bond donors (Lipinski definition) is 1. The number of aromatic nitrogens is 3. The van der Waals surface area contributed by atoms with Crippen molar-refractivity contribution in [1.82, 2.24) is 19.9 Å². The van der Waals surface area contributed by atoms with Gasteiger partial charge in [-0.2, -0.15) is 0 Å². The molecule has 2 aromatic heterocycles. The molecule has 0 aromatic carbocycles. The molecule has 108 valence electrons. The predicted molar refractivity (Wildman–Crippen MR) is 82.1 cm³/mol. The van der Waals surface area contributed by atoms with Crippen molar-refractivity contribution in [3.8, 4) is 5.82 Å². The molecule has 4 heteroatoms. The summed E-state index contributed by atoms with van der Waals surface area (Å²) in [5.41, 5.74) is 1.26. The molecule has 0 aliphatic carbocycles. The molecule has 4 nitrogen and oxygen atoms in total. The standard InChI is InChI=1S/C16H24N4/c1-4-6-15-19-10-11-20(15)16-12-14(7-9-18-16)13(3)17-8-5-2/h7,9-13,17H,4-6,8H2,1-3H3. The zero-order valence-corrected chi connectivity index (χ0v) is 12.6. The number of aryl methyl sites for hydroxylation is 1. The zero-order chi connectivity index (χ0) is 14.4. The Labute approximate surface area is 121 Å². The van der Waals surface area contributed by atoms with E-state index in [1.165, 1.54) is 5.56 Å². The molecule has 0 aliphatic heterocycles. The van der Waals surface area contributed by atoms with Gasteiger partial charge in [-0.1, -0.05) is 13.8 Å². The lowest BCUT2D eigenvalue weighted by molar-refractivity contribution is 0.569. The van der Waals surface area contributed by atoms with Crippen LogP contribution in [0.5, 0.6) is 0 Å². The van der Waals surface area contributed by atoms with Crippen molar-refractivity contribution in [3.05, 3.63) is 42.1 Å². The van der Waals surface area contributed by atoms with Crippen LogP contribution in [-0.2, 0) is 6.42 Å². The van der Waals surface area contributed by atoms with Crippen LogP contribution in [0.2, 0.25) is 0 Å². The van der Waals surface area contributed by atoms with Crippen molar-refractivity contribution in [2.24, 2.45) is 0 Å². The van der Waals surface area contributed by atoms with Gasteiger partial charge in [-0.05, 0) is 44.0 Å². The normalized spacial score (nSPS) is 12.6. The maximum Gasteiger partial charge on any atom is 0.138 e. The fourth-order valence-electron chi connectivity index (χ4n) is 2.27. The fraction of sp³-hybridized carbons (Fsp3) is 0.500. The summed E-state index contributed by atoms with van der Waals surface area (Å²) in [4.78, 5) is 8.90. The monoisotopic (exact) mass is 272 g/mol. The van der Waals surface area contributed by atoms with E-state index in [1.807, 2.05) is 18.6 Å². The van der Waals surface area contributed by atoms with Gasteiger partial charge in [0.25, 0.3) is 0 Å². The van der Waals surface area contributed by atoms with E-state index in [4.69, 9.17) is 0 Å². The highest BCUT2D eigenvalue weighted by atomic mass is 15.1. The molecule has 0 bridgehead atoms. The van der Waals surface area contributed by atoms with E-state index in [0.717, 1.165) is 37.4 Å². The van der Waals surface area contributed by atoms with Crippen LogP contribution >= 0.6 is 0 Å². The van der Waals surface area contributed by atoms with Gasteiger partial charge in [0.1, 0.15) is 11.6 Å². The molecule has 2 aromatic rings. The molecule has 0 spiro atoms. The second kappa shape index (κ2) is 7.20. The smallest absolute Gasteiger partial charge is 0.138 e. The van der Waals surface area contributed by atoms with Crippen molar-refractivity contribution in [2.45, 2.75) is 46.1 Å². The molecule has 0 saturated heterocycles. The summed E-state index contributed by atoms with van der Waals surface area (Å²) in [6.07, 6.45) is 8.92. The van der Waals surface area contributed by atoms with Gasteiger partial charge in [-0.3, -0.25) is 4.57 Å². The largest absolute Gasteiger partial charge is 0.310 e. The summed E-state index contributed by atoms with van der Waals surface area (Å²) >= 11 is 0. The molecule has 1 unspecified atom stereocenters. The second-order valence-corrected chi connectivity index (χ2v) is 5.09. The van der Waals surface area contributed by atoms with Crippen LogP contribution in [0.15, 0.2) is 30.7 Å². The van der Waals surface area contributed by atoms with Gasteiger partial charge in [0.15, 0.2) is 0 Å². The van der Waals surface area contributed by atoms with Gasteiger partial charge in [-0.15, -0.1) is 0 Å². The van der Waals surface area contributed by atoms with Gasteiger partial charge >= 0.3 is 0 Å². The van der Waals surface area contributed by atoms with E-state index in [2.05, 4.69) is 52.8 Å². The van der Waals surface area contributed by atoms with Crippen LogP contribution < -0.4 is 5.32 Å². The minimum absolute atomic E-state index is 0.342. The van der Waals surface area contributed by atoms with Gasteiger partial charge in [0.2, 0.25) is 0 Å². The van der Waals surface area contributed by atoms with E-state index >= 15 is 0 Å². The van der Waals surface area contributed by atoms with Crippen LogP contribution in [0.25, 0.3) is 5.82 Å². The summed E-state index contributed by atoms with van der Waals surface area (Å²) in [5.74, 6) is 2.03. The summed E-state index contributed by atoms with van der Waals surface area (Å²) < 4.78 is 2.08. The molecular formula is C16H24N4. The predicted octanol–water partition coefficient (Wildman–Crippen LogP) is 3.28. The number of rotatable bonds is 7. The van der Waals surface area contributed by atoms with Gasteiger partial charge in [0.05, 0.1) is 0 Å². The molecule has 2 rings (SSSR count). The van der Waals surface area contributed by atoms with Crippen LogP contribution in [0, 0.1) is 0 Å². The van der Waals surface area contributed by atoms with Gasteiger partial charge in [-0.25, -0.2) is 9.97 Å². The van der Waals surface area contributed by atoms with Crippen molar-refractivity contribution >= 4 is 0 Å². The summed E-state index contributed by atoms with van der Waals surface area (Å²) in [7, 11) is 0. The van der Waals surface area contributed by atoms with E-state index in [-0.39, 0.29) is 0 Å². The molecule has 2 heterocycles. The van der Waals surface area contributed by atoms with Crippen molar-refractivity contribution in [1.29, 1.82) is 0 Å². The lowest BCUT2D eigenvalue weighted by atomic mass is 10.1. The summed E-state index contributed by atoms with van der Waals surface area (Å²) in [6, 6.07) is 4.57. The average molecular weight is 272 g/mol. The van der Waals surface area contributed by atoms with Gasteiger partial charge < -0.3 is 5.32 Å². The SMILES string of the molecule is CCCNC(C)c1ccnc(-n2ccnc2CCC)c1. The number of pyridine rings is 1. The molecule has 20 heavy (non-hydrogen) atoms. The Hall–Kier alpha value is -1.68. The lowest BCUT2D eigenvalue weighted by Gasteiger charge is -2.15. The van der Waals surface area contributed by atoms with E-state index in [0.29, 0.717) is 6.04 Å². The van der Waals surface area contributed by atoms with Gasteiger partial charge in [0, 0.05) is 31.1 Å². The maximum absolute atomic E-state index is 4.48. The first-order chi connectivity index (χ1) is 9.76. The van der Waals surface area contributed by atoms with Crippen LogP contribution in [-0.4, -0.2) is 21.1 Å². The molecule has 0 amide bonds. The first-order valence-electron chi connectivity index (χ1n) is 7.48. The molecular weight excluding hydrogens is 248 g/mol. The van der Waals surface area contributed by atoms with Crippen molar-refractivity contribution < 1.29 is 0 Å². The molecule has 1 atom stereocenters. The second-order valence-electron chi connectivity index (χ2n) is 5.09. The first kappa shape index (κ1) is 14.7. The quantitative estimate of drug-likeness (QED) is 0.841. The van der Waals surface area contributed by atoms with Crippen LogP contribution in [0.3, 0.4) is 0 Å². The van der Waals surface area contributed by atoms with Crippen LogP contribution in [0.1, 0.15) is 51.0 Å². The summed E-state index contributed by atoms with van der Waals surface area (Å²) in [6.45, 7) is 7.57. The Morgan fingerprint density at radius 1 is 1.20 bits per heavy atom. The number of imidazole rings is 1. The number of nitrogens with one attached hydrogen (secondary N) is 1. The Morgan fingerprint density at radius 3 is 2.80 bits per heavy atom. The molecule has 0 fully saturated rings. The third-order valence-corrected chi connectivity index (χ3v) is 3.41. The maximum atomic E-state index is 4.48. The third kappa shape index (κ3) is 3.45. The third-order valence-electron chi connectivity index (χ3n) is 3.41.